The molecule has 27 heavy (non-hydrogen) atoms. The van der Waals surface area contributed by atoms with E-state index in [2.05, 4.69) is 0 Å². The Morgan fingerprint density at radius 2 is 1.07 bits per heavy atom. The van der Waals surface area contributed by atoms with E-state index in [1.165, 1.54) is 24.3 Å². The smallest absolute Gasteiger partial charge is 0.194 e. The highest BCUT2D eigenvalue weighted by Crippen LogP contribution is 2.35. The van der Waals surface area contributed by atoms with Gasteiger partial charge in [-0.2, -0.15) is 0 Å². The second-order valence-corrected chi connectivity index (χ2v) is 7.88. The van der Waals surface area contributed by atoms with E-state index in [-0.39, 0.29) is 27.1 Å². The summed E-state index contributed by atoms with van der Waals surface area (Å²) in [6.45, 7) is 0. The van der Waals surface area contributed by atoms with Gasteiger partial charge in [0, 0.05) is 6.26 Å². The maximum absolute atomic E-state index is 13.8. The fraction of sp³-hybridized carbons (Fsp3) is 0.0526. The van der Waals surface area contributed by atoms with Gasteiger partial charge in [0.05, 0.1) is 4.90 Å². The van der Waals surface area contributed by atoms with Gasteiger partial charge >= 0.3 is 0 Å². The summed E-state index contributed by atoms with van der Waals surface area (Å²) in [5.74, 6) is -7.10. The molecule has 3 aromatic rings. The lowest BCUT2D eigenvalue weighted by atomic mass is 9.94. The first-order valence-corrected chi connectivity index (χ1v) is 9.41. The summed E-state index contributed by atoms with van der Waals surface area (Å²) in [5.41, 5.74) is 0.0482. The van der Waals surface area contributed by atoms with Crippen LogP contribution in [0.15, 0.2) is 53.4 Å². The lowest BCUT2D eigenvalue weighted by Crippen LogP contribution is -1.98. The second-order valence-electron chi connectivity index (χ2n) is 5.86. The van der Waals surface area contributed by atoms with Crippen LogP contribution in [-0.2, 0) is 9.84 Å². The van der Waals surface area contributed by atoms with Gasteiger partial charge in [-0.15, -0.1) is 0 Å². The molecule has 0 fully saturated rings. The van der Waals surface area contributed by atoms with Crippen LogP contribution in [0.25, 0.3) is 22.3 Å². The van der Waals surface area contributed by atoms with E-state index in [4.69, 9.17) is 0 Å². The minimum absolute atomic E-state index is 0.00857. The van der Waals surface area contributed by atoms with Crippen molar-refractivity contribution in [2.45, 2.75) is 4.90 Å². The number of benzene rings is 3. The molecule has 0 aromatic heterocycles. The van der Waals surface area contributed by atoms with Crippen molar-refractivity contribution in [3.8, 4) is 22.3 Å². The van der Waals surface area contributed by atoms with E-state index in [0.717, 1.165) is 18.4 Å². The average molecular weight is 398 g/mol. The fourth-order valence-electron chi connectivity index (χ4n) is 2.62. The van der Waals surface area contributed by atoms with Gasteiger partial charge in [0.15, 0.2) is 38.9 Å². The molecule has 0 aliphatic carbocycles. The standard InChI is InChI=1S/C19H11F5O2S/c1-27(25,26)12-4-2-10(3-5-12)13-8-15(20)16(21)9-14(13)11-6-17(22)19(24)18(23)7-11/h2-9H,1H3. The summed E-state index contributed by atoms with van der Waals surface area (Å²) >= 11 is 0. The highest BCUT2D eigenvalue weighted by molar-refractivity contribution is 7.90. The lowest BCUT2D eigenvalue weighted by Gasteiger charge is -2.12. The fourth-order valence-corrected chi connectivity index (χ4v) is 3.25. The Hall–Kier alpha value is -2.74. The van der Waals surface area contributed by atoms with Crippen LogP contribution in [0, 0.1) is 29.1 Å². The molecule has 0 spiro atoms. The van der Waals surface area contributed by atoms with Crippen molar-refractivity contribution in [3.05, 3.63) is 77.6 Å². The van der Waals surface area contributed by atoms with Gasteiger partial charge in [0.1, 0.15) is 0 Å². The van der Waals surface area contributed by atoms with Crippen molar-refractivity contribution in [1.29, 1.82) is 0 Å². The van der Waals surface area contributed by atoms with E-state index >= 15 is 0 Å². The van der Waals surface area contributed by atoms with Gasteiger partial charge in [-0.25, -0.2) is 30.4 Å². The Balaban J connectivity index is 2.24. The van der Waals surface area contributed by atoms with Crippen LogP contribution in [0.3, 0.4) is 0 Å². The zero-order chi connectivity index (χ0) is 19.9. The second kappa shape index (κ2) is 6.77. The maximum atomic E-state index is 13.8. The number of hydrogen-bond acceptors (Lipinski definition) is 2. The summed E-state index contributed by atoms with van der Waals surface area (Å²) in [4.78, 5) is 0.00857. The van der Waals surface area contributed by atoms with Crippen LogP contribution in [0.5, 0.6) is 0 Å². The first-order valence-electron chi connectivity index (χ1n) is 7.52. The van der Waals surface area contributed by atoms with Crippen LogP contribution < -0.4 is 0 Å². The molecular formula is C19H11F5O2S. The average Bonchev–Trinajstić information content (AvgIpc) is 2.60. The molecular weight excluding hydrogens is 387 g/mol. The zero-order valence-electron chi connectivity index (χ0n) is 13.7. The predicted octanol–water partition coefficient (Wildman–Crippen LogP) is 5.12. The van der Waals surface area contributed by atoms with Gasteiger partial charge in [-0.3, -0.25) is 0 Å². The summed E-state index contributed by atoms with van der Waals surface area (Å²) in [6, 6.07) is 8.12. The molecule has 3 aromatic carbocycles. The molecule has 0 aliphatic heterocycles. The SMILES string of the molecule is CS(=O)(=O)c1ccc(-c2cc(F)c(F)cc2-c2cc(F)c(F)c(F)c2)cc1. The van der Waals surface area contributed by atoms with Crippen LogP contribution in [-0.4, -0.2) is 14.7 Å². The van der Waals surface area contributed by atoms with Crippen LogP contribution in [0.2, 0.25) is 0 Å². The summed E-state index contributed by atoms with van der Waals surface area (Å²) < 4.78 is 91.0. The molecule has 8 heteroatoms. The molecule has 0 saturated heterocycles. The Bertz CT molecular complexity index is 1120. The Morgan fingerprint density at radius 1 is 0.630 bits per heavy atom. The summed E-state index contributed by atoms with van der Waals surface area (Å²) in [6.07, 6.45) is 1.01. The van der Waals surface area contributed by atoms with E-state index in [1.54, 1.807) is 0 Å². The van der Waals surface area contributed by atoms with E-state index in [1.807, 2.05) is 0 Å². The molecule has 0 N–H and O–H groups in total. The van der Waals surface area contributed by atoms with Crippen molar-refractivity contribution in [3.63, 3.8) is 0 Å². The normalized spacial score (nSPS) is 11.6. The maximum Gasteiger partial charge on any atom is 0.194 e. The molecule has 0 amide bonds. The highest BCUT2D eigenvalue weighted by Gasteiger charge is 2.18. The van der Waals surface area contributed by atoms with Gasteiger partial charge in [0.25, 0.3) is 0 Å². The number of rotatable bonds is 3. The van der Waals surface area contributed by atoms with Crippen LogP contribution in [0.1, 0.15) is 0 Å². The molecule has 140 valence electrons. The minimum Gasteiger partial charge on any atom is -0.224 e. The molecule has 0 atom stereocenters. The Morgan fingerprint density at radius 3 is 1.52 bits per heavy atom. The third kappa shape index (κ3) is 3.71. The third-order valence-corrected chi connectivity index (χ3v) is 5.08. The lowest BCUT2D eigenvalue weighted by molar-refractivity contribution is 0.447. The number of halogens is 5. The van der Waals surface area contributed by atoms with Crippen LogP contribution >= 0.6 is 0 Å². The highest BCUT2D eigenvalue weighted by atomic mass is 32.2. The van der Waals surface area contributed by atoms with Crippen molar-refractivity contribution < 1.29 is 30.4 Å². The number of hydrogen-bond donors (Lipinski definition) is 0. The third-order valence-electron chi connectivity index (χ3n) is 3.95. The van der Waals surface area contributed by atoms with Crippen LogP contribution in [0.4, 0.5) is 22.0 Å². The zero-order valence-corrected chi connectivity index (χ0v) is 14.5. The van der Waals surface area contributed by atoms with Crippen molar-refractivity contribution in [1.82, 2.24) is 0 Å². The molecule has 0 radical (unpaired) electrons. The molecule has 0 bridgehead atoms. The predicted molar refractivity (Wildman–Crippen MR) is 90.2 cm³/mol. The topological polar surface area (TPSA) is 34.1 Å². The van der Waals surface area contributed by atoms with Crippen molar-refractivity contribution in [2.24, 2.45) is 0 Å². The van der Waals surface area contributed by atoms with Gasteiger partial charge in [0.2, 0.25) is 0 Å². The van der Waals surface area contributed by atoms with Crippen molar-refractivity contribution in [2.75, 3.05) is 6.26 Å². The molecule has 2 nitrogen and oxygen atoms in total. The number of sulfone groups is 1. The summed E-state index contributed by atoms with van der Waals surface area (Å²) in [5, 5.41) is 0. The molecule has 0 saturated carbocycles. The van der Waals surface area contributed by atoms with Gasteiger partial charge in [-0.1, -0.05) is 12.1 Å². The van der Waals surface area contributed by atoms with E-state index in [0.29, 0.717) is 12.1 Å². The quantitative estimate of drug-likeness (QED) is 0.453. The van der Waals surface area contributed by atoms with Gasteiger partial charge < -0.3 is 0 Å². The Kier molecular flexibility index (Phi) is 4.77. The molecule has 0 aliphatic rings. The molecule has 0 heterocycles. The Labute approximate surface area is 151 Å². The van der Waals surface area contributed by atoms with Crippen molar-refractivity contribution >= 4 is 9.84 Å². The molecule has 3 rings (SSSR count). The van der Waals surface area contributed by atoms with E-state index < -0.39 is 38.9 Å². The molecule has 0 unspecified atom stereocenters. The monoisotopic (exact) mass is 398 g/mol. The van der Waals surface area contributed by atoms with E-state index in [9.17, 15) is 30.4 Å². The van der Waals surface area contributed by atoms with Gasteiger partial charge in [-0.05, 0) is 58.7 Å². The summed E-state index contributed by atoms with van der Waals surface area (Å²) in [7, 11) is -3.47. The first-order chi connectivity index (χ1) is 12.6. The first kappa shape index (κ1) is 19.0. The largest absolute Gasteiger partial charge is 0.224 e. The minimum atomic E-state index is -3.47.